The largest absolute Gasteiger partial charge is 0.355 e. The summed E-state index contributed by atoms with van der Waals surface area (Å²) in [5.41, 5.74) is 6.20. The molecule has 3 N–H and O–H groups in total. The predicted octanol–water partition coefficient (Wildman–Crippen LogP) is 1.82. The molecule has 0 aromatic heterocycles. The third-order valence-electron chi connectivity index (χ3n) is 3.07. The summed E-state index contributed by atoms with van der Waals surface area (Å²) in [5.74, 6) is -0.795. The molecule has 1 aromatic rings. The summed E-state index contributed by atoms with van der Waals surface area (Å²) < 4.78 is 36.3. The molecule has 0 saturated heterocycles. The number of nitrogens with one attached hydrogen (secondary N) is 1. The molecule has 0 fully saturated rings. The van der Waals surface area contributed by atoms with Crippen LogP contribution in [0.2, 0.25) is 0 Å². The third kappa shape index (κ3) is 9.24. The summed E-state index contributed by atoms with van der Waals surface area (Å²) in [7, 11) is -3.13. The summed E-state index contributed by atoms with van der Waals surface area (Å²) in [4.78, 5) is 11.7. The van der Waals surface area contributed by atoms with Gasteiger partial charge in [0.2, 0.25) is 5.91 Å². The number of hydrogen-bond acceptors (Lipinski definition) is 4. The fourth-order valence-electron chi connectivity index (χ4n) is 1.82. The number of nitrogens with two attached hydrogens (primary N) is 1. The average Bonchev–Trinajstić information content (AvgIpc) is 2.41. The zero-order valence-electron chi connectivity index (χ0n) is 12.7. The van der Waals surface area contributed by atoms with E-state index in [1.54, 1.807) is 12.1 Å². The highest BCUT2D eigenvalue weighted by atomic mass is 79.9. The first kappa shape index (κ1) is 22.3. The summed E-state index contributed by atoms with van der Waals surface area (Å²) in [6.07, 6.45) is 2.26. The lowest BCUT2D eigenvalue weighted by molar-refractivity contribution is -0.122. The molecule has 0 bridgehead atoms. The van der Waals surface area contributed by atoms with Crippen LogP contribution in [-0.4, -0.2) is 38.9 Å². The van der Waals surface area contributed by atoms with E-state index in [4.69, 9.17) is 5.73 Å². The zero-order valence-corrected chi connectivity index (χ0v) is 15.9. The van der Waals surface area contributed by atoms with Gasteiger partial charge in [-0.2, -0.15) is 0 Å². The van der Waals surface area contributed by atoms with Crippen LogP contribution in [0.3, 0.4) is 0 Å². The van der Waals surface area contributed by atoms with Gasteiger partial charge in [-0.25, -0.2) is 12.8 Å². The van der Waals surface area contributed by atoms with Crippen molar-refractivity contribution in [1.29, 1.82) is 0 Å². The zero-order chi connectivity index (χ0) is 16.8. The van der Waals surface area contributed by atoms with Crippen LogP contribution < -0.4 is 11.1 Å². The van der Waals surface area contributed by atoms with Gasteiger partial charge in [0.25, 0.3) is 0 Å². The van der Waals surface area contributed by atoms with E-state index < -0.39 is 15.9 Å². The first-order valence-electron chi connectivity index (χ1n) is 6.84. The molecule has 1 rings (SSSR count). The van der Waals surface area contributed by atoms with Crippen LogP contribution in [0.25, 0.3) is 0 Å². The number of sulfone groups is 1. The summed E-state index contributed by atoms with van der Waals surface area (Å²) in [5, 5.41) is 2.63. The van der Waals surface area contributed by atoms with Crippen molar-refractivity contribution in [2.75, 3.05) is 18.6 Å². The lowest BCUT2D eigenvalue weighted by atomic mass is 10.1. The van der Waals surface area contributed by atoms with Gasteiger partial charge in [0.1, 0.15) is 15.7 Å². The van der Waals surface area contributed by atoms with E-state index in [-0.39, 0.29) is 36.3 Å². The molecule has 1 unspecified atom stereocenters. The maximum Gasteiger partial charge on any atom is 0.236 e. The molecule has 1 amide bonds. The number of aryl methyl sites for hydroxylation is 1. The van der Waals surface area contributed by atoms with E-state index >= 15 is 0 Å². The molecule has 0 aliphatic carbocycles. The second kappa shape index (κ2) is 10.2. The normalized spacial score (nSPS) is 12.3. The number of carbonyl (C=O) groups is 1. The highest BCUT2D eigenvalue weighted by Crippen LogP contribution is 2.16. The van der Waals surface area contributed by atoms with Crippen LogP contribution in [0.5, 0.6) is 0 Å². The Hall–Kier alpha value is -0.700. The molecular weight excluding hydrogens is 411 g/mol. The Morgan fingerprint density at radius 2 is 2.09 bits per heavy atom. The van der Waals surface area contributed by atoms with Gasteiger partial charge in [0, 0.05) is 17.3 Å². The van der Waals surface area contributed by atoms with Crippen molar-refractivity contribution in [3.8, 4) is 0 Å². The number of rotatable bonds is 8. The number of carbonyl (C=O) groups excluding carboxylic acids is 1. The molecule has 0 radical (unpaired) electrons. The predicted molar refractivity (Wildman–Crippen MR) is 95.0 cm³/mol. The highest BCUT2D eigenvalue weighted by molar-refractivity contribution is 9.10. The molecule has 0 saturated carbocycles. The second-order valence-electron chi connectivity index (χ2n) is 5.16. The minimum absolute atomic E-state index is 0. The first-order chi connectivity index (χ1) is 10.2. The van der Waals surface area contributed by atoms with Gasteiger partial charge in [-0.1, -0.05) is 22.0 Å². The van der Waals surface area contributed by atoms with Crippen molar-refractivity contribution in [2.45, 2.75) is 25.3 Å². The molecule has 132 valence electrons. The van der Waals surface area contributed by atoms with E-state index in [1.165, 1.54) is 6.07 Å². The Kier molecular flexibility index (Phi) is 9.91. The Morgan fingerprint density at radius 3 is 2.65 bits per heavy atom. The molecule has 23 heavy (non-hydrogen) atoms. The van der Waals surface area contributed by atoms with Gasteiger partial charge in [-0.05, 0) is 37.0 Å². The average molecular weight is 432 g/mol. The Balaban J connectivity index is 0.00000484. The van der Waals surface area contributed by atoms with Crippen LogP contribution >= 0.6 is 28.3 Å². The van der Waals surface area contributed by atoms with Gasteiger partial charge in [-0.15, -0.1) is 12.4 Å². The van der Waals surface area contributed by atoms with Crippen molar-refractivity contribution < 1.29 is 17.6 Å². The SMILES string of the molecule is CS(=O)(=O)CCC(N)C(=O)NCCCc1ccc(Br)cc1F.Cl. The maximum atomic E-state index is 13.6. The summed E-state index contributed by atoms with van der Waals surface area (Å²) >= 11 is 3.19. The molecule has 9 heteroatoms. The van der Waals surface area contributed by atoms with Gasteiger partial charge in [-0.3, -0.25) is 4.79 Å². The van der Waals surface area contributed by atoms with Crippen LogP contribution in [0.15, 0.2) is 22.7 Å². The topological polar surface area (TPSA) is 89.3 Å². The minimum Gasteiger partial charge on any atom is -0.355 e. The van der Waals surface area contributed by atoms with Crippen molar-refractivity contribution in [3.05, 3.63) is 34.1 Å². The molecule has 0 aliphatic heterocycles. The van der Waals surface area contributed by atoms with Crippen LogP contribution in [0.4, 0.5) is 4.39 Å². The van der Waals surface area contributed by atoms with Gasteiger partial charge < -0.3 is 11.1 Å². The number of halogens is 3. The van der Waals surface area contributed by atoms with E-state index in [9.17, 15) is 17.6 Å². The number of amides is 1. The fourth-order valence-corrected chi connectivity index (χ4v) is 2.83. The fraction of sp³-hybridized carbons (Fsp3) is 0.500. The maximum absolute atomic E-state index is 13.6. The quantitative estimate of drug-likeness (QED) is 0.615. The van der Waals surface area contributed by atoms with Gasteiger partial charge >= 0.3 is 0 Å². The Labute approximate surface area is 150 Å². The molecule has 0 heterocycles. The Morgan fingerprint density at radius 1 is 1.43 bits per heavy atom. The number of hydrogen-bond donors (Lipinski definition) is 2. The number of benzene rings is 1. The second-order valence-corrected chi connectivity index (χ2v) is 8.33. The molecule has 0 spiro atoms. The molecule has 1 atom stereocenters. The molecule has 0 aliphatic rings. The first-order valence-corrected chi connectivity index (χ1v) is 9.69. The lowest BCUT2D eigenvalue weighted by Gasteiger charge is -2.11. The summed E-state index contributed by atoms with van der Waals surface area (Å²) in [6.45, 7) is 0.362. The van der Waals surface area contributed by atoms with E-state index in [2.05, 4.69) is 21.2 Å². The van der Waals surface area contributed by atoms with Crippen molar-refractivity contribution >= 4 is 44.1 Å². The van der Waals surface area contributed by atoms with E-state index in [1.807, 2.05) is 0 Å². The standard InChI is InChI=1S/C14H20BrFN2O3S.ClH/c1-22(20,21)8-6-13(17)14(19)18-7-2-3-10-4-5-11(15)9-12(10)16;/h4-5,9,13H,2-3,6-8,17H2,1H3,(H,18,19);1H. The monoisotopic (exact) mass is 430 g/mol. The lowest BCUT2D eigenvalue weighted by Crippen LogP contribution is -2.42. The van der Waals surface area contributed by atoms with Crippen LogP contribution in [0.1, 0.15) is 18.4 Å². The summed E-state index contributed by atoms with van der Waals surface area (Å²) in [6, 6.07) is 4.01. The minimum atomic E-state index is -3.13. The third-order valence-corrected chi connectivity index (χ3v) is 4.54. The van der Waals surface area contributed by atoms with Crippen molar-refractivity contribution in [1.82, 2.24) is 5.32 Å². The van der Waals surface area contributed by atoms with Crippen molar-refractivity contribution in [3.63, 3.8) is 0 Å². The smallest absolute Gasteiger partial charge is 0.236 e. The van der Waals surface area contributed by atoms with Crippen LogP contribution in [0, 0.1) is 5.82 Å². The Bertz CT molecular complexity index is 628. The van der Waals surface area contributed by atoms with Crippen LogP contribution in [-0.2, 0) is 21.1 Å². The van der Waals surface area contributed by atoms with Crippen molar-refractivity contribution in [2.24, 2.45) is 5.73 Å². The highest BCUT2D eigenvalue weighted by Gasteiger charge is 2.15. The molecule has 1 aromatic carbocycles. The van der Waals surface area contributed by atoms with E-state index in [0.717, 1.165) is 6.26 Å². The van der Waals surface area contributed by atoms with E-state index in [0.29, 0.717) is 29.4 Å². The van der Waals surface area contributed by atoms with Gasteiger partial charge in [0.15, 0.2) is 0 Å². The van der Waals surface area contributed by atoms with Gasteiger partial charge in [0.05, 0.1) is 11.8 Å². The molecular formula is C14H21BrClFN2O3S. The molecule has 5 nitrogen and oxygen atoms in total.